The van der Waals surface area contributed by atoms with Gasteiger partial charge in [0.2, 0.25) is 20.0 Å². The second-order valence-electron chi connectivity index (χ2n) is 6.77. The van der Waals surface area contributed by atoms with E-state index in [2.05, 4.69) is 0 Å². The highest BCUT2D eigenvalue weighted by molar-refractivity contribution is 7.90. The molecule has 0 spiro atoms. The molecule has 1 aromatic rings. The maximum atomic E-state index is 13.2. The zero-order chi connectivity index (χ0) is 21.2. The summed E-state index contributed by atoms with van der Waals surface area (Å²) < 4.78 is 95.7. The van der Waals surface area contributed by atoms with Crippen LogP contribution in [-0.4, -0.2) is 59.3 Å². The smallest absolute Gasteiger partial charge is 0.405 e. The molecular weight excluding hydrogens is 421 g/mol. The van der Waals surface area contributed by atoms with Gasteiger partial charge in [-0.2, -0.15) is 17.9 Å². The van der Waals surface area contributed by atoms with Crippen molar-refractivity contribution in [2.45, 2.75) is 48.9 Å². The summed E-state index contributed by atoms with van der Waals surface area (Å²) >= 11 is 0. The van der Waals surface area contributed by atoms with Gasteiger partial charge in [0.1, 0.15) is 11.8 Å². The van der Waals surface area contributed by atoms with Crippen molar-refractivity contribution in [1.82, 2.24) is 9.03 Å². The third kappa shape index (κ3) is 6.06. The molecule has 12 heteroatoms. The Balaban J connectivity index is 2.16. The second-order valence-corrected chi connectivity index (χ2v) is 10.7. The van der Waals surface area contributed by atoms with Crippen molar-refractivity contribution in [3.05, 3.63) is 24.3 Å². The third-order valence-corrected chi connectivity index (χ3v) is 7.72. The minimum atomic E-state index is -5.08. The molecule has 1 aromatic carbocycles. The molecule has 28 heavy (non-hydrogen) atoms. The van der Waals surface area contributed by atoms with Gasteiger partial charge in [-0.1, -0.05) is 0 Å². The highest BCUT2D eigenvalue weighted by Gasteiger charge is 2.45. The zero-order valence-electron chi connectivity index (χ0n) is 15.4. The van der Waals surface area contributed by atoms with Gasteiger partial charge in [-0.05, 0) is 49.9 Å². The first-order chi connectivity index (χ1) is 12.8. The molecular formula is C16H23F3N2O5S2. The fourth-order valence-electron chi connectivity index (χ4n) is 2.71. The Morgan fingerprint density at radius 3 is 2.11 bits per heavy atom. The highest BCUT2D eigenvalue weighted by atomic mass is 32.2. The number of ether oxygens (including phenoxy) is 1. The topological polar surface area (TPSA) is 92.8 Å². The van der Waals surface area contributed by atoms with E-state index in [9.17, 15) is 30.0 Å². The molecule has 1 aliphatic carbocycles. The monoisotopic (exact) mass is 444 g/mol. The molecule has 0 saturated heterocycles. The molecule has 0 amide bonds. The zero-order valence-corrected chi connectivity index (χ0v) is 17.1. The first-order valence-corrected chi connectivity index (χ1v) is 11.7. The molecule has 1 saturated carbocycles. The predicted octanol–water partition coefficient (Wildman–Crippen LogP) is 2.11. The summed E-state index contributed by atoms with van der Waals surface area (Å²) in [7, 11) is -6.74. The minimum absolute atomic E-state index is 0.0476. The molecule has 0 heterocycles. The lowest BCUT2D eigenvalue weighted by Crippen LogP contribution is -2.50. The fourth-order valence-corrected chi connectivity index (χ4v) is 5.03. The Kier molecular flexibility index (Phi) is 7.00. The number of hydrogen-bond donors (Lipinski definition) is 1. The van der Waals surface area contributed by atoms with Crippen LogP contribution in [0.3, 0.4) is 0 Å². The van der Waals surface area contributed by atoms with Crippen molar-refractivity contribution in [3.63, 3.8) is 0 Å². The van der Waals surface area contributed by atoms with Crippen molar-refractivity contribution >= 4 is 20.0 Å². The summed E-state index contributed by atoms with van der Waals surface area (Å²) in [5, 5.41) is 0. The highest BCUT2D eigenvalue weighted by Crippen LogP contribution is 2.26. The van der Waals surface area contributed by atoms with Gasteiger partial charge in [0, 0.05) is 14.1 Å². The van der Waals surface area contributed by atoms with E-state index < -0.39 is 42.9 Å². The van der Waals surface area contributed by atoms with Crippen LogP contribution in [0.4, 0.5) is 13.2 Å². The van der Waals surface area contributed by atoms with E-state index in [1.165, 1.54) is 16.9 Å². The van der Waals surface area contributed by atoms with E-state index in [1.807, 2.05) is 0 Å². The first-order valence-electron chi connectivity index (χ1n) is 8.57. The van der Waals surface area contributed by atoms with Crippen molar-refractivity contribution in [3.8, 4) is 5.75 Å². The molecule has 1 unspecified atom stereocenters. The standard InChI is InChI=1S/C16H23F3N2O5S2/c1-21(2)27(22,23)11-15(16(17,18)19)20-28(24,25)14-9-7-13(8-10-14)26-12-5-3-4-6-12/h7-10,12,15,20H,3-6,11H2,1-2H3. The summed E-state index contributed by atoms with van der Waals surface area (Å²) in [5.74, 6) is -1.01. The van der Waals surface area contributed by atoms with Crippen LogP contribution in [0, 0.1) is 0 Å². The first kappa shape index (κ1) is 22.9. The van der Waals surface area contributed by atoms with Gasteiger partial charge in [-0.15, -0.1) is 0 Å². The molecule has 0 aliphatic heterocycles. The van der Waals surface area contributed by atoms with Crippen molar-refractivity contribution in [1.29, 1.82) is 0 Å². The predicted molar refractivity (Wildman–Crippen MR) is 97.0 cm³/mol. The van der Waals surface area contributed by atoms with Crippen LogP contribution in [0.25, 0.3) is 0 Å². The van der Waals surface area contributed by atoms with Crippen LogP contribution in [0.2, 0.25) is 0 Å². The summed E-state index contributed by atoms with van der Waals surface area (Å²) in [6.07, 6.45) is -1.14. The third-order valence-electron chi connectivity index (χ3n) is 4.37. The summed E-state index contributed by atoms with van der Waals surface area (Å²) in [4.78, 5) is -0.414. The quantitative estimate of drug-likeness (QED) is 0.663. The average molecular weight is 444 g/mol. The number of rotatable bonds is 8. The molecule has 1 fully saturated rings. The molecule has 0 aromatic heterocycles. The minimum Gasteiger partial charge on any atom is -0.490 e. The molecule has 7 nitrogen and oxygen atoms in total. The summed E-state index contributed by atoms with van der Waals surface area (Å²) in [6, 6.07) is 2.21. The van der Waals surface area contributed by atoms with Gasteiger partial charge in [-0.25, -0.2) is 21.1 Å². The molecule has 0 bridgehead atoms. The average Bonchev–Trinajstić information content (AvgIpc) is 3.06. The van der Waals surface area contributed by atoms with Crippen molar-refractivity contribution in [2.24, 2.45) is 0 Å². The van der Waals surface area contributed by atoms with Gasteiger partial charge in [0.15, 0.2) is 0 Å². The lowest BCUT2D eigenvalue weighted by molar-refractivity contribution is -0.146. The molecule has 1 atom stereocenters. The largest absolute Gasteiger partial charge is 0.490 e. The van der Waals surface area contributed by atoms with E-state index in [4.69, 9.17) is 4.74 Å². The van der Waals surface area contributed by atoms with Crippen LogP contribution < -0.4 is 9.46 Å². The van der Waals surface area contributed by atoms with E-state index >= 15 is 0 Å². The molecule has 2 rings (SSSR count). The maximum Gasteiger partial charge on any atom is 0.405 e. The Morgan fingerprint density at radius 1 is 1.11 bits per heavy atom. The van der Waals surface area contributed by atoms with E-state index in [1.54, 1.807) is 0 Å². The summed E-state index contributed by atoms with van der Waals surface area (Å²) in [5.41, 5.74) is 0. The Hall–Kier alpha value is -1.37. The SMILES string of the molecule is CN(C)S(=O)(=O)CC(NS(=O)(=O)c1ccc(OC2CCCC2)cc1)C(F)(F)F. The number of benzene rings is 1. The van der Waals surface area contributed by atoms with Crippen LogP contribution in [0.1, 0.15) is 25.7 Å². The molecule has 1 N–H and O–H groups in total. The normalized spacial score (nSPS) is 17.8. The number of nitrogens with zero attached hydrogens (tertiary/aromatic N) is 1. The molecule has 1 aliphatic rings. The molecule has 160 valence electrons. The number of nitrogens with one attached hydrogen (secondary N) is 1. The van der Waals surface area contributed by atoms with Gasteiger partial charge < -0.3 is 4.74 Å². The number of sulfonamides is 2. The second kappa shape index (κ2) is 8.56. The maximum absolute atomic E-state index is 13.2. The van der Waals surface area contributed by atoms with Gasteiger partial charge in [0.25, 0.3) is 0 Å². The van der Waals surface area contributed by atoms with E-state index in [-0.39, 0.29) is 6.10 Å². The van der Waals surface area contributed by atoms with Gasteiger partial charge in [0.05, 0.1) is 16.8 Å². The van der Waals surface area contributed by atoms with Gasteiger partial charge in [-0.3, -0.25) is 0 Å². The lowest BCUT2D eigenvalue weighted by Gasteiger charge is -2.23. The Labute approximate surface area is 163 Å². The number of alkyl halides is 3. The fraction of sp³-hybridized carbons (Fsp3) is 0.625. The lowest BCUT2D eigenvalue weighted by atomic mass is 10.3. The van der Waals surface area contributed by atoms with E-state index in [0.29, 0.717) is 10.1 Å². The van der Waals surface area contributed by atoms with Crippen LogP contribution in [-0.2, 0) is 20.0 Å². The Morgan fingerprint density at radius 2 is 1.64 bits per heavy atom. The van der Waals surface area contributed by atoms with Crippen LogP contribution in [0.5, 0.6) is 5.75 Å². The van der Waals surface area contributed by atoms with Crippen LogP contribution >= 0.6 is 0 Å². The molecule has 0 radical (unpaired) electrons. The van der Waals surface area contributed by atoms with Crippen LogP contribution in [0.15, 0.2) is 29.2 Å². The van der Waals surface area contributed by atoms with Gasteiger partial charge >= 0.3 is 6.18 Å². The summed E-state index contributed by atoms with van der Waals surface area (Å²) in [6.45, 7) is 0. The van der Waals surface area contributed by atoms with Crippen molar-refractivity contribution < 1.29 is 34.7 Å². The number of hydrogen-bond acceptors (Lipinski definition) is 5. The Bertz CT molecular complexity index is 863. The van der Waals surface area contributed by atoms with E-state index in [0.717, 1.165) is 51.9 Å². The van der Waals surface area contributed by atoms with Crippen molar-refractivity contribution in [2.75, 3.05) is 19.8 Å². The number of halogens is 3.